The summed E-state index contributed by atoms with van der Waals surface area (Å²) in [6.07, 6.45) is 1.07. The molecule has 0 saturated heterocycles. The summed E-state index contributed by atoms with van der Waals surface area (Å²) in [4.78, 5) is 23.6. The average molecular weight is 362 g/mol. The van der Waals surface area contributed by atoms with E-state index < -0.39 is 0 Å². The van der Waals surface area contributed by atoms with Crippen LogP contribution in [0.15, 0.2) is 24.3 Å². The highest BCUT2D eigenvalue weighted by Crippen LogP contribution is 2.22. The minimum Gasteiger partial charge on any atom is -0.352 e. The minimum absolute atomic E-state index is 0.00887. The Morgan fingerprint density at radius 2 is 1.50 bits per heavy atom. The molecule has 1 aromatic carbocycles. The fraction of sp³-hybridized carbons (Fsp3) is 0.619. The molecule has 0 aliphatic heterocycles. The first-order valence-electron chi connectivity index (χ1n) is 9.57. The summed E-state index contributed by atoms with van der Waals surface area (Å²) in [7, 11) is 0. The maximum atomic E-state index is 12.0. The second-order valence-corrected chi connectivity index (χ2v) is 7.94. The largest absolute Gasteiger partial charge is 0.352 e. The van der Waals surface area contributed by atoms with E-state index >= 15 is 0 Å². The topological polar surface area (TPSA) is 70.2 Å². The summed E-state index contributed by atoms with van der Waals surface area (Å²) >= 11 is 0. The van der Waals surface area contributed by atoms with E-state index in [9.17, 15) is 9.59 Å². The maximum absolute atomic E-state index is 12.0. The smallest absolute Gasteiger partial charge is 0.239 e. The van der Waals surface area contributed by atoms with Gasteiger partial charge in [0.2, 0.25) is 11.8 Å². The molecule has 26 heavy (non-hydrogen) atoms. The SMILES string of the molecule is CC(C)Cc1ccc([C@@H](NCC(=O)NCC(=O)NC(C)C)C(C)C)cc1. The third-order valence-corrected chi connectivity index (χ3v) is 4.03. The van der Waals surface area contributed by atoms with Crippen LogP contribution in [0.3, 0.4) is 0 Å². The average Bonchev–Trinajstić information content (AvgIpc) is 2.53. The van der Waals surface area contributed by atoms with Gasteiger partial charge in [0.15, 0.2) is 0 Å². The molecule has 5 nitrogen and oxygen atoms in total. The van der Waals surface area contributed by atoms with Crippen LogP contribution in [-0.2, 0) is 16.0 Å². The van der Waals surface area contributed by atoms with Crippen LogP contribution in [-0.4, -0.2) is 30.9 Å². The highest BCUT2D eigenvalue weighted by Gasteiger charge is 2.17. The van der Waals surface area contributed by atoms with Gasteiger partial charge in [-0.3, -0.25) is 9.59 Å². The molecular weight excluding hydrogens is 326 g/mol. The highest BCUT2D eigenvalue weighted by molar-refractivity contribution is 5.85. The predicted octanol–water partition coefficient (Wildman–Crippen LogP) is 2.81. The van der Waals surface area contributed by atoms with Gasteiger partial charge in [0.05, 0.1) is 13.1 Å². The Morgan fingerprint density at radius 1 is 0.885 bits per heavy atom. The molecule has 0 unspecified atom stereocenters. The molecule has 0 fully saturated rings. The van der Waals surface area contributed by atoms with Crippen molar-refractivity contribution in [1.82, 2.24) is 16.0 Å². The van der Waals surface area contributed by atoms with E-state index in [0.717, 1.165) is 6.42 Å². The van der Waals surface area contributed by atoms with Crippen molar-refractivity contribution < 1.29 is 9.59 Å². The Hall–Kier alpha value is -1.88. The molecule has 1 aromatic rings. The van der Waals surface area contributed by atoms with Gasteiger partial charge in [-0.05, 0) is 43.2 Å². The summed E-state index contributed by atoms with van der Waals surface area (Å²) in [5, 5.41) is 8.72. The van der Waals surface area contributed by atoms with Crippen LogP contribution in [0.5, 0.6) is 0 Å². The van der Waals surface area contributed by atoms with Crippen LogP contribution in [0.25, 0.3) is 0 Å². The third-order valence-electron chi connectivity index (χ3n) is 4.03. The first-order valence-corrected chi connectivity index (χ1v) is 9.57. The van der Waals surface area contributed by atoms with Crippen LogP contribution in [0, 0.1) is 11.8 Å². The first kappa shape index (κ1) is 22.2. The molecule has 0 heterocycles. The zero-order valence-corrected chi connectivity index (χ0v) is 17.1. The molecule has 0 spiro atoms. The lowest BCUT2D eigenvalue weighted by molar-refractivity contribution is -0.126. The fourth-order valence-electron chi connectivity index (χ4n) is 2.89. The van der Waals surface area contributed by atoms with E-state index in [1.165, 1.54) is 11.1 Å². The zero-order valence-electron chi connectivity index (χ0n) is 17.1. The van der Waals surface area contributed by atoms with E-state index in [2.05, 4.69) is 67.9 Å². The van der Waals surface area contributed by atoms with Gasteiger partial charge in [-0.15, -0.1) is 0 Å². The van der Waals surface area contributed by atoms with E-state index in [-0.39, 0.29) is 37.0 Å². The molecule has 0 aliphatic rings. The van der Waals surface area contributed by atoms with Crippen molar-refractivity contribution in [2.24, 2.45) is 11.8 Å². The van der Waals surface area contributed by atoms with Crippen molar-refractivity contribution in [3.05, 3.63) is 35.4 Å². The Morgan fingerprint density at radius 3 is 2.00 bits per heavy atom. The number of rotatable bonds is 10. The zero-order chi connectivity index (χ0) is 19.7. The van der Waals surface area contributed by atoms with E-state index in [0.29, 0.717) is 11.8 Å². The Kier molecular flexibility index (Phi) is 9.35. The molecule has 2 amide bonds. The number of carbonyl (C=O) groups excluding carboxylic acids is 2. The standard InChI is InChI=1S/C21H35N3O2/c1-14(2)11-17-7-9-18(10-8-17)21(15(3)4)23-12-19(25)22-13-20(26)24-16(5)6/h7-10,14-16,21,23H,11-13H2,1-6H3,(H,22,25)(H,24,26)/t21-/m0/s1. The quantitative estimate of drug-likeness (QED) is 0.600. The number of benzene rings is 1. The molecule has 3 N–H and O–H groups in total. The first-order chi connectivity index (χ1) is 12.2. The van der Waals surface area contributed by atoms with Gasteiger partial charge < -0.3 is 16.0 Å². The Balaban J connectivity index is 2.55. The monoisotopic (exact) mass is 361 g/mol. The van der Waals surface area contributed by atoms with E-state index in [1.54, 1.807) is 0 Å². The fourth-order valence-corrected chi connectivity index (χ4v) is 2.89. The number of amides is 2. The molecule has 5 heteroatoms. The lowest BCUT2D eigenvalue weighted by Crippen LogP contribution is -2.43. The summed E-state index contributed by atoms with van der Waals surface area (Å²) in [6.45, 7) is 12.7. The van der Waals surface area contributed by atoms with Gasteiger partial charge in [0, 0.05) is 12.1 Å². The van der Waals surface area contributed by atoms with Gasteiger partial charge in [-0.25, -0.2) is 0 Å². The second kappa shape index (κ2) is 11.0. The van der Waals surface area contributed by atoms with E-state index in [1.807, 2.05) is 13.8 Å². The normalized spacial score (nSPS) is 12.5. The molecule has 0 aromatic heterocycles. The van der Waals surface area contributed by atoms with Crippen LogP contribution in [0.4, 0.5) is 0 Å². The molecule has 1 atom stereocenters. The molecule has 146 valence electrons. The van der Waals surface area contributed by atoms with Crippen LogP contribution in [0.2, 0.25) is 0 Å². The van der Waals surface area contributed by atoms with Gasteiger partial charge in [-0.2, -0.15) is 0 Å². The third kappa shape index (κ3) is 8.48. The lowest BCUT2D eigenvalue weighted by Gasteiger charge is -2.23. The molecule has 0 aliphatic carbocycles. The van der Waals surface area contributed by atoms with Crippen LogP contribution in [0.1, 0.15) is 58.7 Å². The van der Waals surface area contributed by atoms with Crippen molar-refractivity contribution in [3.8, 4) is 0 Å². The van der Waals surface area contributed by atoms with Gasteiger partial charge in [-0.1, -0.05) is 52.0 Å². The Bertz CT molecular complexity index is 565. The molecule has 0 saturated carbocycles. The molecule has 0 radical (unpaired) electrons. The number of carbonyl (C=O) groups is 2. The highest BCUT2D eigenvalue weighted by atomic mass is 16.2. The Labute approximate surface area is 158 Å². The van der Waals surface area contributed by atoms with E-state index in [4.69, 9.17) is 0 Å². The van der Waals surface area contributed by atoms with Crippen molar-refractivity contribution in [2.45, 2.75) is 60.0 Å². The van der Waals surface area contributed by atoms with Crippen molar-refractivity contribution in [1.29, 1.82) is 0 Å². The number of nitrogens with one attached hydrogen (secondary N) is 3. The van der Waals surface area contributed by atoms with Crippen molar-refractivity contribution in [2.75, 3.05) is 13.1 Å². The summed E-state index contributed by atoms with van der Waals surface area (Å²) in [5.74, 6) is 0.639. The van der Waals surface area contributed by atoms with Gasteiger partial charge in [0.1, 0.15) is 0 Å². The van der Waals surface area contributed by atoms with Crippen LogP contribution >= 0.6 is 0 Å². The van der Waals surface area contributed by atoms with Crippen LogP contribution < -0.4 is 16.0 Å². The summed E-state index contributed by atoms with van der Waals surface area (Å²) in [5.41, 5.74) is 2.51. The number of hydrogen-bond donors (Lipinski definition) is 3. The van der Waals surface area contributed by atoms with Crippen molar-refractivity contribution in [3.63, 3.8) is 0 Å². The second-order valence-electron chi connectivity index (χ2n) is 7.94. The molecule has 0 bridgehead atoms. The van der Waals surface area contributed by atoms with Gasteiger partial charge in [0.25, 0.3) is 0 Å². The molecular formula is C21H35N3O2. The van der Waals surface area contributed by atoms with Crippen molar-refractivity contribution >= 4 is 11.8 Å². The predicted molar refractivity (Wildman–Crippen MR) is 107 cm³/mol. The lowest BCUT2D eigenvalue weighted by atomic mass is 9.94. The van der Waals surface area contributed by atoms with Gasteiger partial charge >= 0.3 is 0 Å². The summed E-state index contributed by atoms with van der Waals surface area (Å²) < 4.78 is 0. The molecule has 1 rings (SSSR count). The summed E-state index contributed by atoms with van der Waals surface area (Å²) in [6, 6.07) is 8.79. The number of hydrogen-bond acceptors (Lipinski definition) is 3. The maximum Gasteiger partial charge on any atom is 0.239 e. The minimum atomic E-state index is -0.175.